The van der Waals surface area contributed by atoms with Gasteiger partial charge in [0.15, 0.2) is 0 Å². The number of rotatable bonds is 5. The van der Waals surface area contributed by atoms with Gasteiger partial charge >= 0.3 is 5.97 Å². The highest BCUT2D eigenvalue weighted by molar-refractivity contribution is 9.10. The Bertz CT molecular complexity index is 710. The Labute approximate surface area is 137 Å². The van der Waals surface area contributed by atoms with Gasteiger partial charge in [0.25, 0.3) is 5.56 Å². The SMILES string of the molecule is CCC(C(=O)OCc1ccccc1)n1cc(C)cc(Br)c1=O. The number of hydrogen-bond donors (Lipinski definition) is 0. The molecule has 2 aromatic rings. The number of aryl methyl sites for hydroxylation is 1. The average molecular weight is 364 g/mol. The van der Waals surface area contributed by atoms with Gasteiger partial charge in [-0.05, 0) is 46.5 Å². The monoisotopic (exact) mass is 363 g/mol. The van der Waals surface area contributed by atoms with Crippen molar-refractivity contribution in [3.63, 3.8) is 0 Å². The molecule has 1 atom stereocenters. The number of nitrogens with zero attached hydrogens (tertiary/aromatic N) is 1. The topological polar surface area (TPSA) is 48.3 Å². The summed E-state index contributed by atoms with van der Waals surface area (Å²) in [5.41, 5.74) is 1.60. The number of aromatic nitrogens is 1. The number of carbonyl (C=O) groups excluding carboxylic acids is 1. The van der Waals surface area contributed by atoms with Gasteiger partial charge in [-0.25, -0.2) is 4.79 Å². The van der Waals surface area contributed by atoms with Crippen LogP contribution in [0.1, 0.15) is 30.5 Å². The fourth-order valence-corrected chi connectivity index (χ4v) is 2.80. The molecule has 22 heavy (non-hydrogen) atoms. The summed E-state index contributed by atoms with van der Waals surface area (Å²) in [6.07, 6.45) is 2.18. The van der Waals surface area contributed by atoms with Crippen molar-refractivity contribution >= 4 is 21.9 Å². The van der Waals surface area contributed by atoms with E-state index in [1.165, 1.54) is 4.57 Å². The minimum atomic E-state index is -0.618. The molecule has 1 aromatic heterocycles. The van der Waals surface area contributed by atoms with Crippen LogP contribution in [-0.2, 0) is 16.1 Å². The quantitative estimate of drug-likeness (QED) is 0.762. The average Bonchev–Trinajstić information content (AvgIpc) is 2.51. The van der Waals surface area contributed by atoms with Crippen molar-refractivity contribution in [3.05, 3.63) is 68.5 Å². The lowest BCUT2D eigenvalue weighted by molar-refractivity contribution is -0.149. The lowest BCUT2D eigenvalue weighted by Crippen LogP contribution is -2.31. The maximum absolute atomic E-state index is 12.3. The molecular formula is C17H18BrNO3. The summed E-state index contributed by atoms with van der Waals surface area (Å²) >= 11 is 3.23. The van der Waals surface area contributed by atoms with Gasteiger partial charge in [0.2, 0.25) is 0 Å². The molecule has 116 valence electrons. The molecule has 0 spiro atoms. The Kier molecular flexibility index (Phi) is 5.55. The highest BCUT2D eigenvalue weighted by Crippen LogP contribution is 2.16. The second-order valence-corrected chi connectivity index (χ2v) is 5.95. The van der Waals surface area contributed by atoms with Gasteiger partial charge in [-0.15, -0.1) is 0 Å². The van der Waals surface area contributed by atoms with E-state index in [4.69, 9.17) is 4.74 Å². The molecular weight excluding hydrogens is 346 g/mol. The highest BCUT2D eigenvalue weighted by Gasteiger charge is 2.22. The van der Waals surface area contributed by atoms with Crippen LogP contribution in [0.15, 0.2) is 51.9 Å². The van der Waals surface area contributed by atoms with Crippen LogP contribution in [0.3, 0.4) is 0 Å². The minimum Gasteiger partial charge on any atom is -0.459 e. The first-order valence-electron chi connectivity index (χ1n) is 7.11. The molecule has 5 heteroatoms. The second-order valence-electron chi connectivity index (χ2n) is 5.10. The van der Waals surface area contributed by atoms with Crippen molar-refractivity contribution in [2.24, 2.45) is 0 Å². The Hall–Kier alpha value is -1.88. The number of halogens is 1. The lowest BCUT2D eigenvalue weighted by Gasteiger charge is -2.18. The lowest BCUT2D eigenvalue weighted by atomic mass is 10.2. The molecule has 0 amide bonds. The summed E-state index contributed by atoms with van der Waals surface area (Å²) in [5, 5.41) is 0. The van der Waals surface area contributed by atoms with Gasteiger partial charge in [0.1, 0.15) is 12.6 Å². The van der Waals surface area contributed by atoms with Crippen LogP contribution in [0.4, 0.5) is 0 Å². The number of ether oxygens (including phenoxy) is 1. The standard InChI is InChI=1S/C17H18BrNO3/c1-3-15(19-10-12(2)9-14(18)16(19)20)17(21)22-11-13-7-5-4-6-8-13/h4-10,15H,3,11H2,1-2H3. The first kappa shape index (κ1) is 16.5. The van der Waals surface area contributed by atoms with E-state index < -0.39 is 12.0 Å². The number of carbonyl (C=O) groups is 1. The van der Waals surface area contributed by atoms with Crippen LogP contribution in [-0.4, -0.2) is 10.5 Å². The van der Waals surface area contributed by atoms with E-state index in [1.807, 2.05) is 44.2 Å². The minimum absolute atomic E-state index is 0.206. The summed E-state index contributed by atoms with van der Waals surface area (Å²) in [5.74, 6) is -0.397. The Balaban J connectivity index is 2.18. The summed E-state index contributed by atoms with van der Waals surface area (Å²) in [4.78, 5) is 24.5. The summed E-state index contributed by atoms with van der Waals surface area (Å²) < 4.78 is 7.24. The molecule has 0 saturated carbocycles. The van der Waals surface area contributed by atoms with Crippen LogP contribution >= 0.6 is 15.9 Å². The molecule has 0 bridgehead atoms. The Morgan fingerprint density at radius 2 is 2.00 bits per heavy atom. The molecule has 0 saturated heterocycles. The van der Waals surface area contributed by atoms with Gasteiger partial charge in [0, 0.05) is 6.20 Å². The number of pyridine rings is 1. The fraction of sp³-hybridized carbons (Fsp3) is 0.294. The van der Waals surface area contributed by atoms with Gasteiger partial charge in [0.05, 0.1) is 4.47 Å². The molecule has 0 aliphatic heterocycles. The molecule has 1 unspecified atom stereocenters. The van der Waals surface area contributed by atoms with E-state index >= 15 is 0 Å². The molecule has 0 N–H and O–H groups in total. The molecule has 0 radical (unpaired) electrons. The molecule has 2 rings (SSSR count). The van der Waals surface area contributed by atoms with E-state index in [1.54, 1.807) is 12.3 Å². The van der Waals surface area contributed by atoms with E-state index in [0.717, 1.165) is 11.1 Å². The van der Waals surface area contributed by atoms with Crippen molar-refractivity contribution in [3.8, 4) is 0 Å². The third-order valence-corrected chi connectivity index (χ3v) is 3.92. The van der Waals surface area contributed by atoms with Crippen LogP contribution < -0.4 is 5.56 Å². The molecule has 1 heterocycles. The normalized spacial score (nSPS) is 12.0. The van der Waals surface area contributed by atoms with Crippen LogP contribution in [0.2, 0.25) is 0 Å². The number of hydrogen-bond acceptors (Lipinski definition) is 3. The number of esters is 1. The molecule has 1 aromatic carbocycles. The maximum atomic E-state index is 12.3. The molecule has 4 nitrogen and oxygen atoms in total. The van der Waals surface area contributed by atoms with Crippen LogP contribution in [0, 0.1) is 6.92 Å². The zero-order valence-electron chi connectivity index (χ0n) is 12.6. The van der Waals surface area contributed by atoms with E-state index in [-0.39, 0.29) is 12.2 Å². The van der Waals surface area contributed by atoms with Crippen molar-refractivity contribution in [1.29, 1.82) is 0 Å². The van der Waals surface area contributed by atoms with Gasteiger partial charge in [-0.2, -0.15) is 0 Å². The Morgan fingerprint density at radius 1 is 1.32 bits per heavy atom. The zero-order valence-corrected chi connectivity index (χ0v) is 14.2. The van der Waals surface area contributed by atoms with Gasteiger partial charge in [-0.3, -0.25) is 4.79 Å². The predicted molar refractivity (Wildman–Crippen MR) is 88.7 cm³/mol. The smallest absolute Gasteiger partial charge is 0.329 e. The highest BCUT2D eigenvalue weighted by atomic mass is 79.9. The van der Waals surface area contributed by atoms with Gasteiger partial charge < -0.3 is 9.30 Å². The van der Waals surface area contributed by atoms with E-state index in [9.17, 15) is 9.59 Å². The fourth-order valence-electron chi connectivity index (χ4n) is 2.23. The Morgan fingerprint density at radius 3 is 2.64 bits per heavy atom. The second kappa shape index (κ2) is 7.40. The van der Waals surface area contributed by atoms with E-state index in [2.05, 4.69) is 15.9 Å². The maximum Gasteiger partial charge on any atom is 0.329 e. The summed E-state index contributed by atoms with van der Waals surface area (Å²) in [7, 11) is 0. The van der Waals surface area contributed by atoms with E-state index in [0.29, 0.717) is 10.9 Å². The van der Waals surface area contributed by atoms with Crippen LogP contribution in [0.5, 0.6) is 0 Å². The van der Waals surface area contributed by atoms with Crippen molar-refractivity contribution < 1.29 is 9.53 Å². The summed E-state index contributed by atoms with van der Waals surface area (Å²) in [6.45, 7) is 3.94. The number of benzene rings is 1. The van der Waals surface area contributed by atoms with Gasteiger partial charge in [-0.1, -0.05) is 37.3 Å². The molecule has 0 aliphatic rings. The van der Waals surface area contributed by atoms with Crippen molar-refractivity contribution in [2.75, 3.05) is 0 Å². The molecule has 0 fully saturated rings. The third-order valence-electron chi connectivity index (χ3n) is 3.35. The predicted octanol–water partition coefficient (Wildman–Crippen LogP) is 3.61. The van der Waals surface area contributed by atoms with Crippen molar-refractivity contribution in [2.45, 2.75) is 32.9 Å². The zero-order chi connectivity index (χ0) is 16.1. The van der Waals surface area contributed by atoms with Crippen LogP contribution in [0.25, 0.3) is 0 Å². The third kappa shape index (κ3) is 3.85. The van der Waals surface area contributed by atoms with Crippen molar-refractivity contribution in [1.82, 2.24) is 4.57 Å². The first-order chi connectivity index (χ1) is 10.5. The first-order valence-corrected chi connectivity index (χ1v) is 7.91. The summed E-state index contributed by atoms with van der Waals surface area (Å²) in [6, 6.07) is 10.6. The largest absolute Gasteiger partial charge is 0.459 e. The molecule has 0 aliphatic carbocycles.